The normalized spacial score (nSPS) is 15.9. The minimum absolute atomic E-state index is 0.0319. The van der Waals surface area contributed by atoms with Crippen LogP contribution >= 0.6 is 12.2 Å². The number of rotatable bonds is 9. The van der Waals surface area contributed by atoms with Crippen LogP contribution in [-0.2, 0) is 16.0 Å². The maximum Gasteiger partial charge on any atom is 0.252 e. The second-order valence-corrected chi connectivity index (χ2v) is 7.52. The molecule has 1 atom stereocenters. The first kappa shape index (κ1) is 22.6. The molecule has 2 aromatic carbocycles. The Morgan fingerprint density at radius 3 is 2.16 bits per heavy atom. The fourth-order valence-corrected chi connectivity index (χ4v) is 3.98. The van der Waals surface area contributed by atoms with E-state index in [-0.39, 0.29) is 18.2 Å². The third kappa shape index (κ3) is 5.32. The maximum atomic E-state index is 12.9. The first-order valence-electron chi connectivity index (χ1n) is 10.2. The van der Waals surface area contributed by atoms with Crippen LogP contribution in [-0.4, -0.2) is 60.1 Å². The topological polar surface area (TPSA) is 71.1 Å². The van der Waals surface area contributed by atoms with E-state index in [0.717, 1.165) is 11.3 Å². The number of methoxy groups -OCH3 is 2. The Labute approximate surface area is 187 Å². The number of likely N-dealkylation sites (N-methyl/N-ethyl adjacent to an activating group) is 1. The molecule has 0 spiro atoms. The number of benzene rings is 2. The minimum atomic E-state index is -0.607. The Balaban J connectivity index is 1.67. The van der Waals surface area contributed by atoms with E-state index in [0.29, 0.717) is 36.1 Å². The standard InChI is InChI=1S/C23H27N3O4S/c1-4-25-22(28)20(15-21(27)24-17-7-11-19(30-3)12-8-17)26(23(25)31)14-13-16-5-9-18(29-2)10-6-16/h5-12,20H,4,13-15H2,1-3H3,(H,24,27)/t20-/m1/s1. The van der Waals surface area contributed by atoms with E-state index in [2.05, 4.69) is 5.32 Å². The van der Waals surface area contributed by atoms with Crippen LogP contribution in [0, 0.1) is 0 Å². The second-order valence-electron chi connectivity index (χ2n) is 7.15. The lowest BCUT2D eigenvalue weighted by molar-refractivity contribution is -0.130. The average Bonchev–Trinajstić information content (AvgIpc) is 3.01. The van der Waals surface area contributed by atoms with Gasteiger partial charge in [0.2, 0.25) is 5.91 Å². The minimum Gasteiger partial charge on any atom is -0.497 e. The zero-order valence-electron chi connectivity index (χ0n) is 18.0. The summed E-state index contributed by atoms with van der Waals surface area (Å²) in [6.45, 7) is 2.91. The summed E-state index contributed by atoms with van der Waals surface area (Å²) in [7, 11) is 3.21. The summed E-state index contributed by atoms with van der Waals surface area (Å²) in [5.74, 6) is 1.13. The molecule has 1 saturated heterocycles. The van der Waals surface area contributed by atoms with Gasteiger partial charge in [-0.05, 0) is 67.5 Å². The van der Waals surface area contributed by atoms with Crippen molar-refractivity contribution in [3.05, 3.63) is 54.1 Å². The third-order valence-electron chi connectivity index (χ3n) is 5.27. The lowest BCUT2D eigenvalue weighted by Gasteiger charge is -2.23. The van der Waals surface area contributed by atoms with Crippen molar-refractivity contribution in [2.24, 2.45) is 0 Å². The summed E-state index contributed by atoms with van der Waals surface area (Å²) in [6.07, 6.45) is 0.732. The van der Waals surface area contributed by atoms with Crippen molar-refractivity contribution in [3.8, 4) is 11.5 Å². The van der Waals surface area contributed by atoms with Crippen molar-refractivity contribution in [1.82, 2.24) is 9.80 Å². The van der Waals surface area contributed by atoms with Crippen LogP contribution in [0.2, 0.25) is 0 Å². The van der Waals surface area contributed by atoms with E-state index < -0.39 is 6.04 Å². The molecule has 1 aliphatic heterocycles. The summed E-state index contributed by atoms with van der Waals surface area (Å²) in [4.78, 5) is 29.0. The van der Waals surface area contributed by atoms with Gasteiger partial charge in [-0.2, -0.15) is 0 Å². The van der Waals surface area contributed by atoms with E-state index in [1.54, 1.807) is 43.4 Å². The van der Waals surface area contributed by atoms with Crippen molar-refractivity contribution in [3.63, 3.8) is 0 Å². The molecule has 0 unspecified atom stereocenters. The molecule has 0 aliphatic carbocycles. The third-order valence-corrected chi connectivity index (χ3v) is 5.73. The Bertz CT molecular complexity index is 931. The summed E-state index contributed by atoms with van der Waals surface area (Å²) in [5, 5.41) is 3.32. The van der Waals surface area contributed by atoms with Gasteiger partial charge in [-0.15, -0.1) is 0 Å². The predicted molar refractivity (Wildman–Crippen MR) is 123 cm³/mol. The highest BCUT2D eigenvalue weighted by Gasteiger charge is 2.42. The number of hydrogen-bond acceptors (Lipinski definition) is 5. The van der Waals surface area contributed by atoms with Gasteiger partial charge in [0.25, 0.3) is 5.91 Å². The smallest absolute Gasteiger partial charge is 0.252 e. The number of carbonyl (C=O) groups is 2. The molecule has 1 aliphatic rings. The van der Waals surface area contributed by atoms with Crippen molar-refractivity contribution in [1.29, 1.82) is 0 Å². The molecule has 0 bridgehead atoms. The van der Waals surface area contributed by atoms with Crippen LogP contribution in [0.15, 0.2) is 48.5 Å². The number of thiocarbonyl (C=S) groups is 1. The molecule has 31 heavy (non-hydrogen) atoms. The molecule has 2 amide bonds. The highest BCUT2D eigenvalue weighted by molar-refractivity contribution is 7.80. The SMILES string of the molecule is CCN1C(=O)[C@@H](CC(=O)Nc2ccc(OC)cc2)N(CCc2ccc(OC)cc2)C1=S. The van der Waals surface area contributed by atoms with E-state index in [1.807, 2.05) is 36.1 Å². The number of anilines is 1. The number of carbonyl (C=O) groups excluding carboxylic acids is 2. The molecule has 1 N–H and O–H groups in total. The molecule has 7 nitrogen and oxygen atoms in total. The van der Waals surface area contributed by atoms with Crippen molar-refractivity contribution in [2.45, 2.75) is 25.8 Å². The first-order chi connectivity index (χ1) is 15.0. The summed E-state index contributed by atoms with van der Waals surface area (Å²) in [6, 6.07) is 14.2. The molecule has 0 saturated carbocycles. The Morgan fingerprint density at radius 2 is 1.61 bits per heavy atom. The van der Waals surface area contributed by atoms with Crippen LogP contribution in [0.1, 0.15) is 18.9 Å². The Hall–Kier alpha value is -3.13. The Kier molecular flexibility index (Phi) is 7.46. The molecular formula is C23H27N3O4S. The number of nitrogens with zero attached hydrogens (tertiary/aromatic N) is 2. The summed E-state index contributed by atoms with van der Waals surface area (Å²) < 4.78 is 10.3. The lowest BCUT2D eigenvalue weighted by Crippen LogP contribution is -2.39. The Morgan fingerprint density at radius 1 is 1.03 bits per heavy atom. The van der Waals surface area contributed by atoms with E-state index >= 15 is 0 Å². The van der Waals surface area contributed by atoms with Gasteiger partial charge in [-0.3, -0.25) is 14.5 Å². The fourth-order valence-electron chi connectivity index (χ4n) is 3.54. The second kappa shape index (κ2) is 10.3. The maximum absolute atomic E-state index is 12.9. The van der Waals surface area contributed by atoms with Gasteiger partial charge in [-0.1, -0.05) is 12.1 Å². The van der Waals surface area contributed by atoms with Crippen LogP contribution in [0.25, 0.3) is 0 Å². The molecule has 1 heterocycles. The van der Waals surface area contributed by atoms with Gasteiger partial charge in [0.1, 0.15) is 17.5 Å². The first-order valence-corrected chi connectivity index (χ1v) is 10.6. The van der Waals surface area contributed by atoms with Crippen molar-refractivity contribution in [2.75, 3.05) is 32.6 Å². The molecule has 0 aromatic heterocycles. The van der Waals surface area contributed by atoms with E-state index in [4.69, 9.17) is 21.7 Å². The monoisotopic (exact) mass is 441 g/mol. The van der Waals surface area contributed by atoms with Crippen molar-refractivity contribution >= 4 is 34.8 Å². The van der Waals surface area contributed by atoms with E-state index in [9.17, 15) is 9.59 Å². The van der Waals surface area contributed by atoms with Gasteiger partial charge in [0.05, 0.1) is 20.6 Å². The van der Waals surface area contributed by atoms with Gasteiger partial charge in [0.15, 0.2) is 5.11 Å². The lowest BCUT2D eigenvalue weighted by atomic mass is 10.1. The zero-order chi connectivity index (χ0) is 22.4. The summed E-state index contributed by atoms with van der Waals surface area (Å²) >= 11 is 5.55. The fraction of sp³-hybridized carbons (Fsp3) is 0.348. The molecule has 3 rings (SSSR count). The molecule has 0 radical (unpaired) electrons. The molecule has 164 valence electrons. The summed E-state index contributed by atoms with van der Waals surface area (Å²) in [5.41, 5.74) is 1.75. The van der Waals surface area contributed by atoms with Crippen molar-refractivity contribution < 1.29 is 19.1 Å². The van der Waals surface area contributed by atoms with Crippen LogP contribution in [0.4, 0.5) is 5.69 Å². The molecular weight excluding hydrogens is 414 g/mol. The average molecular weight is 442 g/mol. The largest absolute Gasteiger partial charge is 0.497 e. The van der Waals surface area contributed by atoms with Crippen LogP contribution in [0.5, 0.6) is 11.5 Å². The highest BCUT2D eigenvalue weighted by atomic mass is 32.1. The molecule has 1 fully saturated rings. The number of amides is 2. The highest BCUT2D eigenvalue weighted by Crippen LogP contribution is 2.23. The van der Waals surface area contributed by atoms with Gasteiger partial charge >= 0.3 is 0 Å². The van der Waals surface area contributed by atoms with Gasteiger partial charge < -0.3 is 19.7 Å². The van der Waals surface area contributed by atoms with Crippen LogP contribution in [0.3, 0.4) is 0 Å². The quantitative estimate of drug-likeness (QED) is 0.603. The van der Waals surface area contributed by atoms with Gasteiger partial charge in [0, 0.05) is 18.8 Å². The zero-order valence-corrected chi connectivity index (χ0v) is 18.8. The molecule has 2 aromatic rings. The van der Waals surface area contributed by atoms with E-state index in [1.165, 1.54) is 0 Å². The van der Waals surface area contributed by atoms with Gasteiger partial charge in [-0.25, -0.2) is 0 Å². The number of nitrogens with one attached hydrogen (secondary N) is 1. The number of ether oxygens (including phenoxy) is 2. The van der Waals surface area contributed by atoms with Crippen LogP contribution < -0.4 is 14.8 Å². The molecule has 8 heteroatoms. The number of hydrogen-bond donors (Lipinski definition) is 1. The predicted octanol–water partition coefficient (Wildman–Crippen LogP) is 3.09.